The third-order valence-electron chi connectivity index (χ3n) is 4.22. The molecule has 0 aliphatic carbocycles. The standard InChI is InChI=1S/C21H26O2Si/c1-5-16-24(18-12-8-6-9-13-18,19-14-10-7-11-15-19)23-20(17-22)21(2,3)4/h5-15,17,20H,1,16H2,2-4H3. The van der Waals surface area contributed by atoms with Gasteiger partial charge in [0.25, 0.3) is 8.32 Å². The smallest absolute Gasteiger partial charge is 0.260 e. The van der Waals surface area contributed by atoms with Crippen LogP contribution >= 0.6 is 0 Å². The molecule has 3 heteroatoms. The van der Waals surface area contributed by atoms with Crippen LogP contribution in [0.15, 0.2) is 73.3 Å². The summed E-state index contributed by atoms with van der Waals surface area (Å²) in [5.41, 5.74) is -0.259. The maximum Gasteiger partial charge on any atom is 0.260 e. The van der Waals surface area contributed by atoms with Gasteiger partial charge in [-0.05, 0) is 21.8 Å². The van der Waals surface area contributed by atoms with Crippen molar-refractivity contribution >= 4 is 25.0 Å². The summed E-state index contributed by atoms with van der Waals surface area (Å²) in [5, 5.41) is 2.32. The molecule has 1 unspecified atom stereocenters. The van der Waals surface area contributed by atoms with Crippen molar-refractivity contribution in [1.29, 1.82) is 0 Å². The second-order valence-electron chi connectivity index (χ2n) is 7.09. The van der Waals surface area contributed by atoms with Crippen LogP contribution < -0.4 is 10.4 Å². The molecular formula is C21H26O2Si. The molecule has 0 aromatic heterocycles. The molecule has 0 aliphatic heterocycles. The Kier molecular flexibility index (Phi) is 5.92. The molecule has 126 valence electrons. The third-order valence-corrected chi connectivity index (χ3v) is 8.27. The predicted molar refractivity (Wildman–Crippen MR) is 103 cm³/mol. The Hall–Kier alpha value is -1.97. The Labute approximate surface area is 146 Å². The Balaban J connectivity index is 2.63. The van der Waals surface area contributed by atoms with E-state index in [9.17, 15) is 4.79 Å². The van der Waals surface area contributed by atoms with Crippen molar-refractivity contribution in [3.63, 3.8) is 0 Å². The van der Waals surface area contributed by atoms with Crippen molar-refractivity contribution in [1.82, 2.24) is 0 Å². The fourth-order valence-electron chi connectivity index (χ4n) is 2.83. The molecule has 0 heterocycles. The van der Waals surface area contributed by atoms with Gasteiger partial charge in [0, 0.05) is 0 Å². The van der Waals surface area contributed by atoms with E-state index in [-0.39, 0.29) is 5.41 Å². The number of benzene rings is 2. The van der Waals surface area contributed by atoms with Crippen molar-refractivity contribution in [2.45, 2.75) is 32.9 Å². The van der Waals surface area contributed by atoms with Crippen LogP contribution in [0.1, 0.15) is 20.8 Å². The Bertz CT molecular complexity index is 620. The highest BCUT2D eigenvalue weighted by Gasteiger charge is 2.43. The van der Waals surface area contributed by atoms with Crippen molar-refractivity contribution in [3.8, 4) is 0 Å². The molecule has 0 radical (unpaired) electrons. The number of carbonyl (C=O) groups is 1. The van der Waals surface area contributed by atoms with Crippen LogP contribution in [0.25, 0.3) is 0 Å². The van der Waals surface area contributed by atoms with Gasteiger partial charge in [-0.1, -0.05) is 87.5 Å². The number of hydrogen-bond acceptors (Lipinski definition) is 2. The highest BCUT2D eigenvalue weighted by molar-refractivity contribution is 6.97. The minimum atomic E-state index is -2.59. The zero-order valence-corrected chi connectivity index (χ0v) is 15.7. The van der Waals surface area contributed by atoms with Gasteiger partial charge in [-0.15, -0.1) is 6.58 Å². The molecule has 1 atom stereocenters. The summed E-state index contributed by atoms with van der Waals surface area (Å²) in [7, 11) is -2.59. The largest absolute Gasteiger partial charge is 0.397 e. The highest BCUT2D eigenvalue weighted by atomic mass is 28.4. The lowest BCUT2D eigenvalue weighted by Gasteiger charge is -2.38. The molecule has 24 heavy (non-hydrogen) atoms. The van der Waals surface area contributed by atoms with E-state index in [1.807, 2.05) is 63.2 Å². The van der Waals surface area contributed by atoms with Crippen LogP contribution in [-0.2, 0) is 9.22 Å². The zero-order chi connectivity index (χ0) is 17.6. The molecule has 0 amide bonds. The van der Waals surface area contributed by atoms with Gasteiger partial charge in [-0.2, -0.15) is 0 Å². The molecule has 0 N–H and O–H groups in total. The van der Waals surface area contributed by atoms with E-state index in [2.05, 4.69) is 30.8 Å². The lowest BCUT2D eigenvalue weighted by atomic mass is 9.90. The molecule has 0 aliphatic rings. The molecular weight excluding hydrogens is 312 g/mol. The summed E-state index contributed by atoms with van der Waals surface area (Å²) in [6.45, 7) is 10.1. The van der Waals surface area contributed by atoms with Gasteiger partial charge in [-0.25, -0.2) is 0 Å². The maximum atomic E-state index is 11.8. The molecule has 2 aromatic carbocycles. The molecule has 2 rings (SSSR count). The van der Waals surface area contributed by atoms with E-state index < -0.39 is 14.4 Å². The number of allylic oxidation sites excluding steroid dienone is 1. The first-order chi connectivity index (χ1) is 11.4. The number of hydrogen-bond donors (Lipinski definition) is 0. The number of aldehydes is 1. The zero-order valence-electron chi connectivity index (χ0n) is 14.7. The molecule has 0 saturated carbocycles. The van der Waals surface area contributed by atoms with E-state index in [0.29, 0.717) is 0 Å². The topological polar surface area (TPSA) is 26.3 Å². The quantitative estimate of drug-likeness (QED) is 0.438. The Morgan fingerprint density at radius 2 is 1.46 bits per heavy atom. The number of rotatable bonds is 7. The average Bonchev–Trinajstić information content (AvgIpc) is 2.59. The minimum absolute atomic E-state index is 0.259. The first-order valence-corrected chi connectivity index (χ1v) is 10.4. The molecule has 0 bridgehead atoms. The summed E-state index contributed by atoms with van der Waals surface area (Å²) in [6, 6.07) is 21.3. The summed E-state index contributed by atoms with van der Waals surface area (Å²) in [5.74, 6) is 0. The lowest BCUT2D eigenvalue weighted by Crippen LogP contribution is -2.63. The second-order valence-corrected chi connectivity index (χ2v) is 10.5. The van der Waals surface area contributed by atoms with Gasteiger partial charge in [0.05, 0.1) is 0 Å². The van der Waals surface area contributed by atoms with Gasteiger partial charge in [0.2, 0.25) is 0 Å². The van der Waals surface area contributed by atoms with E-state index in [1.54, 1.807) is 0 Å². The Morgan fingerprint density at radius 1 is 1.00 bits per heavy atom. The predicted octanol–water partition coefficient (Wildman–Crippen LogP) is 3.56. The van der Waals surface area contributed by atoms with E-state index in [1.165, 1.54) is 0 Å². The van der Waals surface area contributed by atoms with Gasteiger partial charge >= 0.3 is 0 Å². The average molecular weight is 339 g/mol. The third kappa shape index (κ3) is 3.92. The highest BCUT2D eigenvalue weighted by Crippen LogP contribution is 2.26. The van der Waals surface area contributed by atoms with Crippen LogP contribution in [0.5, 0.6) is 0 Å². The van der Waals surface area contributed by atoms with Crippen LogP contribution in [0.3, 0.4) is 0 Å². The summed E-state index contributed by atoms with van der Waals surface area (Å²) in [4.78, 5) is 11.8. The first-order valence-electron chi connectivity index (χ1n) is 8.29. The van der Waals surface area contributed by atoms with Crippen molar-refractivity contribution in [2.24, 2.45) is 5.41 Å². The van der Waals surface area contributed by atoms with Crippen LogP contribution in [0.2, 0.25) is 6.04 Å². The van der Waals surface area contributed by atoms with E-state index >= 15 is 0 Å². The summed E-state index contributed by atoms with van der Waals surface area (Å²) < 4.78 is 6.66. The van der Waals surface area contributed by atoms with Gasteiger partial charge < -0.3 is 9.22 Å². The lowest BCUT2D eigenvalue weighted by molar-refractivity contribution is -0.118. The molecule has 2 nitrogen and oxygen atoms in total. The van der Waals surface area contributed by atoms with Gasteiger partial charge in [0.15, 0.2) is 0 Å². The van der Waals surface area contributed by atoms with Crippen molar-refractivity contribution in [2.75, 3.05) is 0 Å². The van der Waals surface area contributed by atoms with Crippen LogP contribution in [-0.4, -0.2) is 20.7 Å². The summed E-state index contributed by atoms with van der Waals surface area (Å²) >= 11 is 0. The van der Waals surface area contributed by atoms with Crippen molar-refractivity contribution in [3.05, 3.63) is 73.3 Å². The van der Waals surface area contributed by atoms with E-state index in [0.717, 1.165) is 22.7 Å². The van der Waals surface area contributed by atoms with Gasteiger partial charge in [-0.3, -0.25) is 0 Å². The molecule has 0 spiro atoms. The first kappa shape index (κ1) is 18.4. The summed E-state index contributed by atoms with van der Waals surface area (Å²) in [6.07, 6.45) is 2.39. The Morgan fingerprint density at radius 3 is 1.79 bits per heavy atom. The maximum absolute atomic E-state index is 11.8. The van der Waals surface area contributed by atoms with Crippen LogP contribution in [0.4, 0.5) is 0 Å². The molecule has 0 fully saturated rings. The normalized spacial score (nSPS) is 13.3. The fraction of sp³-hybridized carbons (Fsp3) is 0.286. The molecule has 2 aromatic rings. The minimum Gasteiger partial charge on any atom is -0.397 e. The van der Waals surface area contributed by atoms with Crippen molar-refractivity contribution < 1.29 is 9.22 Å². The fourth-order valence-corrected chi connectivity index (χ4v) is 6.71. The number of carbonyl (C=O) groups excluding carboxylic acids is 1. The van der Waals surface area contributed by atoms with Crippen LogP contribution in [0, 0.1) is 5.41 Å². The monoisotopic (exact) mass is 338 g/mol. The second kappa shape index (κ2) is 7.73. The van der Waals surface area contributed by atoms with Gasteiger partial charge in [0.1, 0.15) is 12.4 Å². The molecule has 0 saturated heterocycles. The SMILES string of the molecule is C=CC[Si](OC(C=O)C(C)(C)C)(c1ccccc1)c1ccccc1. The van der Waals surface area contributed by atoms with E-state index in [4.69, 9.17) is 4.43 Å².